The van der Waals surface area contributed by atoms with Crippen LogP contribution in [0, 0.1) is 19.8 Å². The summed E-state index contributed by atoms with van der Waals surface area (Å²) in [6.45, 7) is 5.59. The maximum absolute atomic E-state index is 11.4. The third kappa shape index (κ3) is 4.38. The van der Waals surface area contributed by atoms with Gasteiger partial charge in [0.15, 0.2) is 11.5 Å². The van der Waals surface area contributed by atoms with Crippen molar-refractivity contribution in [2.24, 2.45) is 5.92 Å². The zero-order valence-electron chi connectivity index (χ0n) is 18.4. The molecule has 3 rings (SSSR count). The summed E-state index contributed by atoms with van der Waals surface area (Å²) in [5.41, 5.74) is 4.52. The number of carboxylic acids is 1. The number of benzene rings is 2. The first-order chi connectivity index (χ1) is 14.4. The molecule has 0 radical (unpaired) electrons. The second kappa shape index (κ2) is 9.39. The van der Waals surface area contributed by atoms with Gasteiger partial charge in [0, 0.05) is 5.56 Å². The molecule has 1 heterocycles. The quantitative estimate of drug-likeness (QED) is 0.733. The van der Waals surface area contributed by atoms with Gasteiger partial charge in [0.1, 0.15) is 0 Å². The van der Waals surface area contributed by atoms with E-state index in [0.29, 0.717) is 43.2 Å². The van der Waals surface area contributed by atoms with Crippen LogP contribution in [-0.2, 0) is 4.79 Å². The minimum atomic E-state index is -0.707. The molecule has 0 spiro atoms. The Labute approximate surface area is 178 Å². The van der Waals surface area contributed by atoms with Gasteiger partial charge >= 0.3 is 5.97 Å². The van der Waals surface area contributed by atoms with Crippen molar-refractivity contribution in [2.75, 3.05) is 34.4 Å². The molecule has 6 heteroatoms. The van der Waals surface area contributed by atoms with E-state index in [9.17, 15) is 9.90 Å². The maximum Gasteiger partial charge on any atom is 0.306 e. The Morgan fingerprint density at radius 1 is 0.967 bits per heavy atom. The number of carboxylic acid groups (broad SMARTS) is 1. The van der Waals surface area contributed by atoms with E-state index in [1.165, 1.54) is 11.1 Å². The third-order valence-corrected chi connectivity index (χ3v) is 5.83. The van der Waals surface area contributed by atoms with E-state index in [0.717, 1.165) is 11.1 Å². The number of carbonyl (C=O) groups is 1. The van der Waals surface area contributed by atoms with Gasteiger partial charge in [0.2, 0.25) is 5.75 Å². The van der Waals surface area contributed by atoms with Gasteiger partial charge in [-0.25, -0.2) is 0 Å². The fraction of sp³-hybridized carbons (Fsp3) is 0.458. The Morgan fingerprint density at radius 3 is 2.07 bits per heavy atom. The minimum Gasteiger partial charge on any atom is -0.493 e. The summed E-state index contributed by atoms with van der Waals surface area (Å²) in [5, 5.41) is 9.41. The molecule has 1 N–H and O–H groups in total. The predicted molar refractivity (Wildman–Crippen MR) is 116 cm³/mol. The molecular formula is C24H31NO5. The Kier molecular flexibility index (Phi) is 6.87. The van der Waals surface area contributed by atoms with Crippen molar-refractivity contribution < 1.29 is 24.1 Å². The summed E-state index contributed by atoms with van der Waals surface area (Å²) in [6.07, 6.45) is 1.26. The zero-order chi connectivity index (χ0) is 21.8. The van der Waals surface area contributed by atoms with Gasteiger partial charge < -0.3 is 19.3 Å². The smallest absolute Gasteiger partial charge is 0.306 e. The average molecular weight is 414 g/mol. The second-order valence-corrected chi connectivity index (χ2v) is 7.90. The largest absolute Gasteiger partial charge is 0.493 e. The van der Waals surface area contributed by atoms with Gasteiger partial charge in [0.25, 0.3) is 0 Å². The van der Waals surface area contributed by atoms with Crippen LogP contribution in [0.4, 0.5) is 0 Å². The number of aryl methyl sites for hydroxylation is 2. The van der Waals surface area contributed by atoms with E-state index >= 15 is 0 Å². The molecule has 0 amide bonds. The molecule has 2 aromatic rings. The van der Waals surface area contributed by atoms with Crippen LogP contribution in [0.5, 0.6) is 17.2 Å². The summed E-state index contributed by atoms with van der Waals surface area (Å²) < 4.78 is 16.9. The molecule has 1 unspecified atom stereocenters. The molecule has 30 heavy (non-hydrogen) atoms. The Bertz CT molecular complexity index is 882. The molecule has 1 aliphatic heterocycles. The van der Waals surface area contributed by atoms with Crippen LogP contribution in [-0.4, -0.2) is 50.4 Å². The SMILES string of the molecule is COc1ccc(C(c2cc(C)cc(C)c2)N2CCC(C(=O)O)CC2)c(OC)c1OC. The lowest BCUT2D eigenvalue weighted by Gasteiger charge is -2.38. The van der Waals surface area contributed by atoms with Gasteiger partial charge in [-0.05, 0) is 57.5 Å². The lowest BCUT2D eigenvalue weighted by atomic mass is 9.89. The average Bonchev–Trinajstić information content (AvgIpc) is 2.73. The number of methoxy groups -OCH3 is 3. The van der Waals surface area contributed by atoms with Crippen molar-refractivity contribution in [3.8, 4) is 17.2 Å². The molecule has 2 aromatic carbocycles. The molecule has 6 nitrogen and oxygen atoms in total. The van der Waals surface area contributed by atoms with Gasteiger partial charge in [-0.1, -0.05) is 29.3 Å². The molecule has 162 valence electrons. The van der Waals surface area contributed by atoms with Crippen molar-refractivity contribution in [3.63, 3.8) is 0 Å². The summed E-state index contributed by atoms with van der Waals surface area (Å²) in [5.74, 6) is 0.824. The summed E-state index contributed by atoms with van der Waals surface area (Å²) in [7, 11) is 4.85. The molecule has 1 fully saturated rings. The first-order valence-corrected chi connectivity index (χ1v) is 10.2. The van der Waals surface area contributed by atoms with Crippen LogP contribution in [0.2, 0.25) is 0 Å². The Morgan fingerprint density at radius 2 is 1.57 bits per heavy atom. The Hall–Kier alpha value is -2.73. The standard InChI is InChI=1S/C24H31NO5/c1-15-12-16(2)14-18(13-15)21(25-10-8-17(9-11-25)24(26)27)19-6-7-20(28-3)23(30-5)22(19)29-4/h6-7,12-14,17,21H,8-11H2,1-5H3,(H,26,27). The first-order valence-electron chi connectivity index (χ1n) is 10.2. The molecule has 0 aromatic heterocycles. The number of hydrogen-bond donors (Lipinski definition) is 1. The lowest BCUT2D eigenvalue weighted by Crippen LogP contribution is -2.39. The van der Waals surface area contributed by atoms with Crippen LogP contribution in [0.15, 0.2) is 30.3 Å². The fourth-order valence-corrected chi connectivity index (χ4v) is 4.50. The number of nitrogens with zero attached hydrogens (tertiary/aromatic N) is 1. The highest BCUT2D eigenvalue weighted by molar-refractivity contribution is 5.70. The number of likely N-dealkylation sites (tertiary alicyclic amines) is 1. The highest BCUT2D eigenvalue weighted by Gasteiger charge is 2.33. The maximum atomic E-state index is 11.4. The Balaban J connectivity index is 2.12. The highest BCUT2D eigenvalue weighted by atomic mass is 16.5. The van der Waals surface area contributed by atoms with Gasteiger partial charge in [-0.2, -0.15) is 0 Å². The summed E-state index contributed by atoms with van der Waals surface area (Å²) in [4.78, 5) is 13.8. The van der Waals surface area contributed by atoms with Crippen molar-refractivity contribution in [1.82, 2.24) is 4.90 Å². The monoisotopic (exact) mass is 413 g/mol. The predicted octanol–water partition coefficient (Wildman–Crippen LogP) is 4.22. The second-order valence-electron chi connectivity index (χ2n) is 7.90. The number of hydrogen-bond acceptors (Lipinski definition) is 5. The normalized spacial score (nSPS) is 16.2. The van der Waals surface area contributed by atoms with Crippen molar-refractivity contribution in [3.05, 3.63) is 52.6 Å². The summed E-state index contributed by atoms with van der Waals surface area (Å²) >= 11 is 0. The summed E-state index contributed by atoms with van der Waals surface area (Å²) in [6, 6.07) is 10.4. The van der Waals surface area contributed by atoms with E-state index in [2.05, 4.69) is 36.9 Å². The molecule has 0 aliphatic carbocycles. The van der Waals surface area contributed by atoms with Crippen molar-refractivity contribution in [1.29, 1.82) is 0 Å². The molecule has 1 aliphatic rings. The van der Waals surface area contributed by atoms with Crippen LogP contribution in [0.25, 0.3) is 0 Å². The van der Waals surface area contributed by atoms with Crippen LogP contribution in [0.1, 0.15) is 41.1 Å². The lowest BCUT2D eigenvalue weighted by molar-refractivity contribution is -0.143. The van der Waals surface area contributed by atoms with Gasteiger partial charge in [-0.3, -0.25) is 9.69 Å². The number of aliphatic carboxylic acids is 1. The molecule has 0 saturated carbocycles. The van der Waals surface area contributed by atoms with E-state index in [4.69, 9.17) is 14.2 Å². The van der Waals surface area contributed by atoms with E-state index < -0.39 is 5.97 Å². The molecule has 0 bridgehead atoms. The van der Waals surface area contributed by atoms with E-state index in [-0.39, 0.29) is 12.0 Å². The molecular weight excluding hydrogens is 382 g/mol. The number of rotatable bonds is 7. The topological polar surface area (TPSA) is 68.2 Å². The van der Waals surface area contributed by atoms with Gasteiger partial charge in [-0.15, -0.1) is 0 Å². The molecule has 1 saturated heterocycles. The van der Waals surface area contributed by atoms with Crippen LogP contribution in [0.3, 0.4) is 0 Å². The van der Waals surface area contributed by atoms with E-state index in [1.807, 2.05) is 12.1 Å². The third-order valence-electron chi connectivity index (χ3n) is 5.83. The zero-order valence-corrected chi connectivity index (χ0v) is 18.4. The van der Waals surface area contributed by atoms with E-state index in [1.54, 1.807) is 21.3 Å². The number of piperidine rings is 1. The van der Waals surface area contributed by atoms with Crippen molar-refractivity contribution >= 4 is 5.97 Å². The van der Waals surface area contributed by atoms with Crippen molar-refractivity contribution in [2.45, 2.75) is 32.7 Å². The molecule has 1 atom stereocenters. The minimum absolute atomic E-state index is 0.0758. The van der Waals surface area contributed by atoms with Crippen LogP contribution >= 0.6 is 0 Å². The number of ether oxygens (including phenoxy) is 3. The van der Waals surface area contributed by atoms with Gasteiger partial charge in [0.05, 0.1) is 33.3 Å². The van der Waals surface area contributed by atoms with Crippen LogP contribution < -0.4 is 14.2 Å². The highest BCUT2D eigenvalue weighted by Crippen LogP contribution is 2.46. The fourth-order valence-electron chi connectivity index (χ4n) is 4.50. The first kappa shape index (κ1) is 22.0.